The number of amides is 1. The molecule has 1 saturated carbocycles. The molecule has 4 rings (SSSR count). The predicted molar refractivity (Wildman–Crippen MR) is 96.2 cm³/mol. The summed E-state index contributed by atoms with van der Waals surface area (Å²) in [5.41, 5.74) is -0.503. The Morgan fingerprint density at radius 1 is 1.18 bits per heavy atom. The fourth-order valence-electron chi connectivity index (χ4n) is 5.27. The second kappa shape index (κ2) is 6.84. The number of fused-ring (bicyclic) bond motifs is 2. The van der Waals surface area contributed by atoms with Crippen LogP contribution in [0.2, 0.25) is 0 Å². The molecule has 0 aromatic rings. The molecule has 6 atom stereocenters. The number of piperidine rings is 2. The van der Waals surface area contributed by atoms with Gasteiger partial charge < -0.3 is 14.7 Å². The molecular weight excluding hydrogens is 373 g/mol. The van der Waals surface area contributed by atoms with Crippen LogP contribution in [0.25, 0.3) is 0 Å². The van der Waals surface area contributed by atoms with E-state index < -0.39 is 42.4 Å². The third-order valence-electron chi connectivity index (χ3n) is 6.79. The van der Waals surface area contributed by atoms with Gasteiger partial charge in [-0.15, -0.1) is 0 Å². The van der Waals surface area contributed by atoms with Crippen LogP contribution in [0.4, 0.5) is 13.2 Å². The minimum Gasteiger partial charge on any atom is -0.367 e. The van der Waals surface area contributed by atoms with Gasteiger partial charge in [0.1, 0.15) is 6.42 Å². The molecule has 8 heteroatoms. The van der Waals surface area contributed by atoms with Crippen molar-refractivity contribution in [2.24, 2.45) is 17.3 Å². The van der Waals surface area contributed by atoms with Crippen LogP contribution in [0, 0.1) is 17.3 Å². The summed E-state index contributed by atoms with van der Waals surface area (Å²) >= 11 is 0. The number of nitrogens with zero attached hydrogens (tertiary/aromatic N) is 2. The van der Waals surface area contributed by atoms with Gasteiger partial charge in [-0.05, 0) is 37.5 Å². The third-order valence-corrected chi connectivity index (χ3v) is 6.79. The van der Waals surface area contributed by atoms with Gasteiger partial charge in [0.05, 0.1) is 12.1 Å². The normalized spacial score (nSPS) is 36.8. The van der Waals surface area contributed by atoms with E-state index in [0.29, 0.717) is 12.5 Å². The Hall–Kier alpha value is -0.860. The van der Waals surface area contributed by atoms with E-state index in [9.17, 15) is 23.1 Å². The van der Waals surface area contributed by atoms with Crippen molar-refractivity contribution in [2.75, 3.05) is 13.1 Å². The summed E-state index contributed by atoms with van der Waals surface area (Å²) in [6, 6.07) is -0.308. The highest BCUT2D eigenvalue weighted by atomic mass is 19.4. The van der Waals surface area contributed by atoms with E-state index in [0.717, 1.165) is 19.4 Å². The molecule has 1 N–H and O–H groups in total. The smallest absolute Gasteiger partial charge is 0.367 e. The van der Waals surface area contributed by atoms with Gasteiger partial charge >= 0.3 is 6.18 Å². The van der Waals surface area contributed by atoms with Crippen molar-refractivity contribution in [1.82, 2.24) is 9.80 Å². The Morgan fingerprint density at radius 3 is 2.39 bits per heavy atom. The zero-order valence-corrected chi connectivity index (χ0v) is 16.8. The van der Waals surface area contributed by atoms with Crippen molar-refractivity contribution in [3.63, 3.8) is 0 Å². The number of hydrogen-bond acceptors (Lipinski definition) is 4. The maximum atomic E-state index is 12.9. The Morgan fingerprint density at radius 2 is 1.82 bits per heavy atom. The number of carbonyl (C=O) groups is 1. The molecule has 160 valence electrons. The van der Waals surface area contributed by atoms with Crippen molar-refractivity contribution in [1.29, 1.82) is 0 Å². The Kier molecular flexibility index (Phi) is 4.99. The van der Waals surface area contributed by atoms with Crippen LogP contribution in [0.3, 0.4) is 0 Å². The van der Waals surface area contributed by atoms with Crippen LogP contribution in [0.1, 0.15) is 52.9 Å². The fourth-order valence-corrected chi connectivity index (χ4v) is 5.27. The highest BCUT2D eigenvalue weighted by molar-refractivity contribution is 5.77. The standard InChI is InChI=1S/C20H31F3N2O3/c1-19(2,3)18(27)28-17-14-7-12-6-13(24(14)9-11-4-5-11)16(17)25(10-12)15(26)8-20(21,22)23/h11-14,16-18,27H,4-10H2,1-3H3/t12?,13?,14?,16?,17-,18?/m0/s1. The average molecular weight is 404 g/mol. The van der Waals surface area contributed by atoms with Crippen molar-refractivity contribution < 1.29 is 27.8 Å². The van der Waals surface area contributed by atoms with Crippen molar-refractivity contribution in [3.8, 4) is 0 Å². The van der Waals surface area contributed by atoms with Gasteiger partial charge in [-0.25, -0.2) is 0 Å². The first-order chi connectivity index (χ1) is 12.9. The molecule has 3 bridgehead atoms. The van der Waals surface area contributed by atoms with Crippen LogP contribution < -0.4 is 0 Å². The summed E-state index contributed by atoms with van der Waals surface area (Å²) in [6.45, 7) is 6.89. The van der Waals surface area contributed by atoms with Gasteiger partial charge in [0.25, 0.3) is 0 Å². The average Bonchev–Trinajstić information content (AvgIpc) is 3.34. The highest BCUT2D eigenvalue weighted by Gasteiger charge is 2.61. The minimum absolute atomic E-state index is 0.0347. The maximum Gasteiger partial charge on any atom is 0.397 e. The minimum atomic E-state index is -4.51. The second-order valence-electron chi connectivity index (χ2n) is 10.3. The lowest BCUT2D eigenvalue weighted by atomic mass is 9.86. The van der Waals surface area contributed by atoms with E-state index in [1.54, 1.807) is 0 Å². The maximum absolute atomic E-state index is 12.9. The lowest BCUT2D eigenvalue weighted by Crippen LogP contribution is -2.59. The van der Waals surface area contributed by atoms with E-state index in [2.05, 4.69) is 4.90 Å². The molecule has 0 aromatic heterocycles. The molecule has 0 aromatic carbocycles. The molecule has 3 aliphatic heterocycles. The summed E-state index contributed by atoms with van der Waals surface area (Å²) in [5, 5.41) is 10.6. The molecule has 28 heavy (non-hydrogen) atoms. The molecule has 5 nitrogen and oxygen atoms in total. The lowest BCUT2D eigenvalue weighted by molar-refractivity contribution is -0.202. The fraction of sp³-hybridized carbons (Fsp3) is 0.950. The van der Waals surface area contributed by atoms with Gasteiger partial charge in [0.15, 0.2) is 6.29 Å². The van der Waals surface area contributed by atoms with E-state index in [1.807, 2.05) is 20.8 Å². The summed E-state index contributed by atoms with van der Waals surface area (Å²) in [7, 11) is 0. The van der Waals surface area contributed by atoms with Gasteiger partial charge in [0.2, 0.25) is 5.91 Å². The first-order valence-electron chi connectivity index (χ1n) is 10.4. The van der Waals surface area contributed by atoms with E-state index in [-0.39, 0.29) is 18.0 Å². The number of ether oxygens (including phenoxy) is 1. The van der Waals surface area contributed by atoms with Crippen molar-refractivity contribution in [3.05, 3.63) is 0 Å². The molecular formula is C20H31F3N2O3. The number of halogens is 3. The third kappa shape index (κ3) is 3.92. The Bertz CT molecular complexity index is 617. The van der Waals surface area contributed by atoms with E-state index in [1.165, 1.54) is 17.7 Å². The topological polar surface area (TPSA) is 53.0 Å². The Labute approximate surface area is 164 Å². The number of carbonyl (C=O) groups excluding carboxylic acids is 1. The van der Waals surface area contributed by atoms with Crippen LogP contribution in [-0.2, 0) is 9.53 Å². The van der Waals surface area contributed by atoms with Gasteiger partial charge in [0, 0.05) is 30.6 Å². The van der Waals surface area contributed by atoms with Gasteiger partial charge in [-0.1, -0.05) is 20.8 Å². The first kappa shape index (κ1) is 20.4. The number of likely N-dealkylation sites (tertiary alicyclic amines) is 1. The monoisotopic (exact) mass is 404 g/mol. The van der Waals surface area contributed by atoms with Gasteiger partial charge in [-0.2, -0.15) is 13.2 Å². The number of aliphatic hydroxyl groups excluding tert-OH is 1. The zero-order valence-electron chi connectivity index (χ0n) is 16.8. The van der Waals surface area contributed by atoms with Crippen LogP contribution in [-0.4, -0.2) is 70.6 Å². The molecule has 1 aliphatic carbocycles. The van der Waals surface area contributed by atoms with Crippen LogP contribution >= 0.6 is 0 Å². The van der Waals surface area contributed by atoms with Crippen LogP contribution in [0.5, 0.6) is 0 Å². The predicted octanol–water partition coefficient (Wildman–Crippen LogP) is 2.77. The summed E-state index contributed by atoms with van der Waals surface area (Å²) in [5.74, 6) is -0.00789. The number of alkyl halides is 3. The van der Waals surface area contributed by atoms with E-state index >= 15 is 0 Å². The van der Waals surface area contributed by atoms with Gasteiger partial charge in [-0.3, -0.25) is 9.69 Å². The SMILES string of the molecule is CC(C)(C)C(O)O[C@@H]1C2C3CC(CC1N3CC1CC1)CN2C(=O)CC(F)(F)F. The lowest BCUT2D eigenvalue weighted by Gasteiger charge is -2.47. The molecule has 0 radical (unpaired) electrons. The first-order valence-corrected chi connectivity index (χ1v) is 10.4. The quantitative estimate of drug-likeness (QED) is 0.716. The van der Waals surface area contributed by atoms with Crippen LogP contribution in [0.15, 0.2) is 0 Å². The largest absolute Gasteiger partial charge is 0.397 e. The van der Waals surface area contributed by atoms with E-state index in [4.69, 9.17) is 4.74 Å². The molecule has 3 heterocycles. The summed E-state index contributed by atoms with van der Waals surface area (Å²) < 4.78 is 44.8. The molecule has 4 fully saturated rings. The number of aliphatic hydroxyl groups is 1. The summed E-state index contributed by atoms with van der Waals surface area (Å²) in [6.07, 6.45) is -3.31. The zero-order chi connectivity index (χ0) is 20.4. The highest BCUT2D eigenvalue weighted by Crippen LogP contribution is 2.49. The molecule has 5 unspecified atom stereocenters. The van der Waals surface area contributed by atoms with Crippen molar-refractivity contribution in [2.45, 2.75) is 89.6 Å². The second-order valence-corrected chi connectivity index (χ2v) is 10.3. The Balaban J connectivity index is 1.61. The molecule has 0 spiro atoms. The molecule has 1 amide bonds. The number of rotatable bonds is 5. The molecule has 4 aliphatic rings. The van der Waals surface area contributed by atoms with Crippen molar-refractivity contribution >= 4 is 5.91 Å². The number of hydrogen-bond donors (Lipinski definition) is 1. The summed E-state index contributed by atoms with van der Waals surface area (Å²) in [4.78, 5) is 16.4. The molecule has 3 saturated heterocycles.